The number of hydrogen-bond acceptors (Lipinski definition) is 3. The Bertz CT molecular complexity index is 689. The van der Waals surface area contributed by atoms with Crippen LogP contribution in [0.4, 0.5) is 0 Å². The number of hydrogen-bond donors (Lipinski definition) is 0. The summed E-state index contributed by atoms with van der Waals surface area (Å²) >= 11 is 14.0. The molecular weight excluding hydrogens is 438 g/mol. The van der Waals surface area contributed by atoms with Gasteiger partial charge < -0.3 is 9.47 Å². The molecule has 2 rings (SSSR count). The van der Waals surface area contributed by atoms with Crippen LogP contribution in [0, 0.1) is 3.57 Å². The van der Waals surface area contributed by atoms with E-state index in [1.54, 1.807) is 37.3 Å². The highest BCUT2D eigenvalue weighted by Gasteiger charge is 2.10. The van der Waals surface area contributed by atoms with E-state index in [1.165, 1.54) is 0 Å². The maximum atomic E-state index is 11.7. The van der Waals surface area contributed by atoms with Gasteiger partial charge in [0.25, 0.3) is 0 Å². The fraction of sp³-hybridized carbons (Fsp3) is 0.188. The largest absolute Gasteiger partial charge is 0.488 e. The minimum absolute atomic E-state index is 0.337. The smallest absolute Gasteiger partial charge is 0.338 e. The van der Waals surface area contributed by atoms with E-state index >= 15 is 0 Å². The number of halogens is 3. The molecule has 116 valence electrons. The van der Waals surface area contributed by atoms with Crippen molar-refractivity contribution in [2.24, 2.45) is 0 Å². The lowest BCUT2D eigenvalue weighted by Crippen LogP contribution is -2.05. The third-order valence-electron chi connectivity index (χ3n) is 2.82. The summed E-state index contributed by atoms with van der Waals surface area (Å²) in [5.74, 6) is 0.358. The summed E-state index contributed by atoms with van der Waals surface area (Å²) in [6, 6.07) is 10.5. The first-order valence-electron chi connectivity index (χ1n) is 6.54. The van der Waals surface area contributed by atoms with Gasteiger partial charge in [-0.05, 0) is 65.4 Å². The van der Waals surface area contributed by atoms with Crippen LogP contribution in [0.25, 0.3) is 0 Å². The van der Waals surface area contributed by atoms with Crippen molar-refractivity contribution in [1.82, 2.24) is 0 Å². The molecule has 0 bridgehead atoms. The monoisotopic (exact) mass is 450 g/mol. The summed E-state index contributed by atoms with van der Waals surface area (Å²) in [6.45, 7) is 2.49. The van der Waals surface area contributed by atoms with E-state index in [0.717, 1.165) is 9.13 Å². The van der Waals surface area contributed by atoms with Crippen LogP contribution in [0.5, 0.6) is 5.75 Å². The van der Waals surface area contributed by atoms with E-state index in [0.29, 0.717) is 34.6 Å². The minimum atomic E-state index is -0.337. The first-order chi connectivity index (χ1) is 10.5. The highest BCUT2D eigenvalue weighted by Crippen LogP contribution is 2.26. The average Bonchev–Trinajstić information content (AvgIpc) is 2.49. The number of benzene rings is 2. The van der Waals surface area contributed by atoms with Crippen molar-refractivity contribution < 1.29 is 14.3 Å². The molecule has 0 fully saturated rings. The van der Waals surface area contributed by atoms with E-state index in [9.17, 15) is 4.79 Å². The molecule has 0 saturated carbocycles. The molecule has 2 aromatic rings. The van der Waals surface area contributed by atoms with Crippen molar-refractivity contribution in [3.05, 3.63) is 61.1 Å². The second kappa shape index (κ2) is 8.04. The van der Waals surface area contributed by atoms with Gasteiger partial charge in [0.15, 0.2) is 0 Å². The van der Waals surface area contributed by atoms with Crippen LogP contribution < -0.4 is 4.74 Å². The summed E-state index contributed by atoms with van der Waals surface area (Å²) in [7, 11) is 0. The highest BCUT2D eigenvalue weighted by atomic mass is 127. The molecule has 0 heterocycles. The molecule has 0 saturated heterocycles. The van der Waals surface area contributed by atoms with Gasteiger partial charge in [-0.15, -0.1) is 0 Å². The Morgan fingerprint density at radius 1 is 1.14 bits per heavy atom. The Balaban J connectivity index is 2.07. The average molecular weight is 451 g/mol. The molecule has 0 aliphatic carbocycles. The van der Waals surface area contributed by atoms with Crippen LogP contribution in [0.2, 0.25) is 10.0 Å². The van der Waals surface area contributed by atoms with Gasteiger partial charge in [0.1, 0.15) is 12.4 Å². The first-order valence-corrected chi connectivity index (χ1v) is 8.38. The van der Waals surface area contributed by atoms with E-state index in [1.807, 2.05) is 6.07 Å². The number of ether oxygens (including phenoxy) is 2. The number of rotatable bonds is 5. The lowest BCUT2D eigenvalue weighted by atomic mass is 10.2. The van der Waals surface area contributed by atoms with Gasteiger partial charge in [0.2, 0.25) is 0 Å². The van der Waals surface area contributed by atoms with Crippen LogP contribution in [-0.4, -0.2) is 12.6 Å². The summed E-state index contributed by atoms with van der Waals surface area (Å²) in [6.07, 6.45) is 0. The van der Waals surface area contributed by atoms with E-state index in [4.69, 9.17) is 32.7 Å². The molecule has 0 amide bonds. The van der Waals surface area contributed by atoms with Crippen molar-refractivity contribution >= 4 is 51.8 Å². The second-order valence-corrected chi connectivity index (χ2v) is 6.38. The predicted octanol–water partition coefficient (Wildman–Crippen LogP) is 5.35. The van der Waals surface area contributed by atoms with Gasteiger partial charge in [-0.25, -0.2) is 4.79 Å². The Morgan fingerprint density at radius 2 is 1.91 bits per heavy atom. The molecule has 0 N–H and O–H groups in total. The van der Waals surface area contributed by atoms with Crippen LogP contribution in [0.15, 0.2) is 36.4 Å². The number of carbonyl (C=O) groups excluding carboxylic acids is 1. The third kappa shape index (κ3) is 4.51. The Hall–Kier alpha value is -0.980. The Morgan fingerprint density at radius 3 is 2.55 bits per heavy atom. The molecule has 6 heteroatoms. The second-order valence-electron chi connectivity index (χ2n) is 4.40. The molecule has 0 unspecified atom stereocenters. The summed E-state index contributed by atoms with van der Waals surface area (Å²) in [4.78, 5) is 11.7. The SMILES string of the molecule is CCOC(=O)c1ccc(OCc2ccc(Cl)c(Cl)c2)c(I)c1. The van der Waals surface area contributed by atoms with Gasteiger partial charge >= 0.3 is 5.97 Å². The quantitative estimate of drug-likeness (QED) is 0.454. The summed E-state index contributed by atoms with van der Waals surface area (Å²) in [5, 5.41) is 1.01. The topological polar surface area (TPSA) is 35.5 Å². The summed E-state index contributed by atoms with van der Waals surface area (Å²) in [5.41, 5.74) is 1.42. The fourth-order valence-electron chi connectivity index (χ4n) is 1.75. The van der Waals surface area contributed by atoms with Crippen molar-refractivity contribution in [2.45, 2.75) is 13.5 Å². The van der Waals surface area contributed by atoms with Crippen molar-refractivity contribution in [3.8, 4) is 5.75 Å². The molecular formula is C16H13Cl2IO3. The van der Waals surface area contributed by atoms with Crippen molar-refractivity contribution in [1.29, 1.82) is 0 Å². The van der Waals surface area contributed by atoms with Gasteiger partial charge in [0, 0.05) is 0 Å². The molecule has 0 aromatic heterocycles. The van der Waals surface area contributed by atoms with Gasteiger partial charge in [-0.2, -0.15) is 0 Å². The number of esters is 1. The number of carbonyl (C=O) groups is 1. The maximum Gasteiger partial charge on any atom is 0.338 e. The third-order valence-corrected chi connectivity index (χ3v) is 4.40. The Labute approximate surface area is 152 Å². The fourth-order valence-corrected chi connectivity index (χ4v) is 2.74. The molecule has 22 heavy (non-hydrogen) atoms. The van der Waals surface area contributed by atoms with Crippen LogP contribution in [0.1, 0.15) is 22.8 Å². The normalized spacial score (nSPS) is 10.4. The van der Waals surface area contributed by atoms with Crippen LogP contribution >= 0.6 is 45.8 Å². The summed E-state index contributed by atoms with van der Waals surface area (Å²) < 4.78 is 11.6. The van der Waals surface area contributed by atoms with Gasteiger partial charge in [0.05, 0.1) is 25.8 Å². The molecule has 0 aliphatic rings. The molecule has 2 aromatic carbocycles. The van der Waals surface area contributed by atoms with Crippen molar-refractivity contribution in [3.63, 3.8) is 0 Å². The van der Waals surface area contributed by atoms with Crippen LogP contribution in [0.3, 0.4) is 0 Å². The molecule has 0 radical (unpaired) electrons. The molecule has 0 atom stereocenters. The standard InChI is InChI=1S/C16H13Cl2IO3/c1-2-21-16(20)11-4-6-15(14(19)8-11)22-9-10-3-5-12(17)13(18)7-10/h3-8H,2,9H2,1H3. The minimum Gasteiger partial charge on any atom is -0.488 e. The molecule has 0 spiro atoms. The van der Waals surface area contributed by atoms with Crippen molar-refractivity contribution in [2.75, 3.05) is 6.61 Å². The van der Waals surface area contributed by atoms with Crippen LogP contribution in [-0.2, 0) is 11.3 Å². The van der Waals surface area contributed by atoms with Gasteiger partial charge in [-0.3, -0.25) is 0 Å². The van der Waals surface area contributed by atoms with Gasteiger partial charge in [-0.1, -0.05) is 29.3 Å². The zero-order chi connectivity index (χ0) is 16.1. The predicted molar refractivity (Wildman–Crippen MR) is 95.9 cm³/mol. The van der Waals surface area contributed by atoms with E-state index < -0.39 is 0 Å². The molecule has 3 nitrogen and oxygen atoms in total. The van der Waals surface area contributed by atoms with E-state index in [2.05, 4.69) is 22.6 Å². The highest BCUT2D eigenvalue weighted by molar-refractivity contribution is 14.1. The zero-order valence-electron chi connectivity index (χ0n) is 11.7. The zero-order valence-corrected chi connectivity index (χ0v) is 15.4. The lowest BCUT2D eigenvalue weighted by molar-refractivity contribution is 0.0526. The first kappa shape index (κ1) is 17.4. The molecule has 0 aliphatic heterocycles. The maximum absolute atomic E-state index is 11.7. The van der Waals surface area contributed by atoms with E-state index in [-0.39, 0.29) is 5.97 Å². The lowest BCUT2D eigenvalue weighted by Gasteiger charge is -2.10. The Kier molecular flexibility index (Phi) is 6.35.